The van der Waals surface area contributed by atoms with Crippen LogP contribution < -0.4 is 4.74 Å². The van der Waals surface area contributed by atoms with E-state index in [9.17, 15) is 9.59 Å². The highest BCUT2D eigenvalue weighted by molar-refractivity contribution is 7.10. The largest absolute Gasteiger partial charge is 0.491 e. The molecule has 0 bridgehead atoms. The first kappa shape index (κ1) is 23.0. The van der Waals surface area contributed by atoms with Crippen LogP contribution in [0.3, 0.4) is 0 Å². The molecule has 1 saturated carbocycles. The average Bonchev–Trinajstić information content (AvgIpc) is 3.27. The van der Waals surface area contributed by atoms with Gasteiger partial charge in [-0.2, -0.15) is 0 Å². The molecule has 0 saturated heterocycles. The molecule has 1 aromatic carbocycles. The fourth-order valence-electron chi connectivity index (χ4n) is 4.40. The normalized spacial score (nSPS) is 17.4. The molecule has 0 N–H and O–H groups in total. The molecule has 2 aliphatic rings. The molecule has 1 fully saturated rings. The predicted molar refractivity (Wildman–Crippen MR) is 131 cm³/mol. The first-order valence-corrected chi connectivity index (χ1v) is 12.8. The van der Waals surface area contributed by atoms with Crippen LogP contribution in [0.4, 0.5) is 0 Å². The average molecular weight is 499 g/mol. The number of thiophene rings is 1. The Balaban J connectivity index is 1.33. The first-order chi connectivity index (χ1) is 16.5. The van der Waals surface area contributed by atoms with Crippen LogP contribution in [0.25, 0.3) is 0 Å². The summed E-state index contributed by atoms with van der Waals surface area (Å²) < 4.78 is 11.5. The molecule has 3 aromatic rings. The summed E-state index contributed by atoms with van der Waals surface area (Å²) in [5, 5.41) is 2.76. The maximum Gasteiger partial charge on any atom is 0.290 e. The van der Waals surface area contributed by atoms with Crippen LogP contribution in [0, 0.1) is 12.8 Å². The lowest BCUT2D eigenvalue weighted by atomic mass is 10.0. The van der Waals surface area contributed by atoms with Crippen molar-refractivity contribution in [1.29, 1.82) is 0 Å². The molecule has 5 rings (SSSR count). The zero-order chi connectivity index (χ0) is 23.7. The third-order valence-electron chi connectivity index (χ3n) is 6.47. The van der Waals surface area contributed by atoms with E-state index in [0.29, 0.717) is 30.6 Å². The van der Waals surface area contributed by atoms with Crippen molar-refractivity contribution >= 4 is 34.8 Å². The Morgan fingerprint density at radius 3 is 2.85 bits per heavy atom. The molecule has 34 heavy (non-hydrogen) atoms. The highest BCUT2D eigenvalue weighted by atomic mass is 35.5. The van der Waals surface area contributed by atoms with Gasteiger partial charge in [-0.1, -0.05) is 11.6 Å². The van der Waals surface area contributed by atoms with E-state index in [1.807, 2.05) is 30.0 Å². The second kappa shape index (κ2) is 9.84. The number of amides is 2. The summed E-state index contributed by atoms with van der Waals surface area (Å²) in [6.45, 7) is 3.49. The maximum atomic E-state index is 13.6. The van der Waals surface area contributed by atoms with Crippen molar-refractivity contribution in [1.82, 2.24) is 9.80 Å². The number of ether oxygens (including phenoxy) is 1. The van der Waals surface area contributed by atoms with Crippen molar-refractivity contribution in [2.24, 2.45) is 5.92 Å². The second-order valence-corrected chi connectivity index (χ2v) is 10.4. The molecule has 8 heteroatoms. The molecule has 2 amide bonds. The molecular formula is C26H27ClN2O4S. The topological polar surface area (TPSA) is 63.0 Å². The van der Waals surface area contributed by atoms with Gasteiger partial charge in [0, 0.05) is 23.0 Å². The molecule has 2 aromatic heterocycles. The van der Waals surface area contributed by atoms with Crippen molar-refractivity contribution in [3.63, 3.8) is 0 Å². The third-order valence-corrected chi connectivity index (χ3v) is 7.89. The molecule has 0 radical (unpaired) electrons. The summed E-state index contributed by atoms with van der Waals surface area (Å²) in [7, 11) is 0. The van der Waals surface area contributed by atoms with E-state index in [-0.39, 0.29) is 30.2 Å². The summed E-state index contributed by atoms with van der Waals surface area (Å²) >= 11 is 7.87. The van der Waals surface area contributed by atoms with Gasteiger partial charge in [0.05, 0.1) is 12.3 Å². The quantitative estimate of drug-likeness (QED) is 0.419. The van der Waals surface area contributed by atoms with Gasteiger partial charge in [-0.25, -0.2) is 0 Å². The first-order valence-electron chi connectivity index (χ1n) is 11.6. The number of rotatable bonds is 8. The Morgan fingerprint density at radius 1 is 1.26 bits per heavy atom. The fourth-order valence-corrected chi connectivity index (χ4v) is 5.44. The molecule has 0 spiro atoms. The lowest BCUT2D eigenvalue weighted by molar-refractivity contribution is -0.135. The van der Waals surface area contributed by atoms with Crippen LogP contribution in [0.2, 0.25) is 5.02 Å². The van der Waals surface area contributed by atoms with Crippen molar-refractivity contribution in [2.75, 3.05) is 26.2 Å². The number of carbonyl (C=O) groups is 2. The molecule has 6 nitrogen and oxygen atoms in total. The number of hydrogen-bond donors (Lipinski definition) is 0. The predicted octanol–water partition coefficient (Wildman–Crippen LogP) is 5.36. The molecule has 1 atom stereocenters. The Bertz CT molecular complexity index is 1170. The van der Waals surface area contributed by atoms with Gasteiger partial charge in [0.25, 0.3) is 5.91 Å². The van der Waals surface area contributed by atoms with E-state index in [4.69, 9.17) is 20.8 Å². The standard InChI is InChI=1S/C26H27ClN2O4S/c1-17-13-19(6-7-21(17)27)33-16-22-20-9-12-34-24(20)8-10-29(22)25(30)15-28(14-18-4-5-18)26(31)23-3-2-11-32-23/h2-3,6-7,9,11-13,18,22H,4-5,8,10,14-16H2,1H3. The summed E-state index contributed by atoms with van der Waals surface area (Å²) in [5.41, 5.74) is 2.07. The Morgan fingerprint density at radius 2 is 2.12 bits per heavy atom. The molecule has 1 aliphatic heterocycles. The van der Waals surface area contributed by atoms with Gasteiger partial charge in [0.1, 0.15) is 18.9 Å². The minimum Gasteiger partial charge on any atom is -0.491 e. The van der Waals surface area contributed by atoms with Crippen LogP contribution in [-0.2, 0) is 11.2 Å². The smallest absolute Gasteiger partial charge is 0.290 e. The number of benzene rings is 1. The van der Waals surface area contributed by atoms with Crippen LogP contribution in [-0.4, -0.2) is 47.9 Å². The van der Waals surface area contributed by atoms with Crippen molar-refractivity contribution in [3.8, 4) is 5.75 Å². The zero-order valence-corrected chi connectivity index (χ0v) is 20.6. The van der Waals surface area contributed by atoms with E-state index in [2.05, 4.69) is 11.4 Å². The summed E-state index contributed by atoms with van der Waals surface area (Å²) in [6.07, 6.45) is 4.48. The summed E-state index contributed by atoms with van der Waals surface area (Å²) in [4.78, 5) is 31.4. The number of fused-ring (bicyclic) bond motifs is 1. The molecule has 3 heterocycles. The van der Waals surface area contributed by atoms with Crippen LogP contribution >= 0.6 is 22.9 Å². The highest BCUT2D eigenvalue weighted by Gasteiger charge is 2.35. The molecule has 178 valence electrons. The van der Waals surface area contributed by atoms with Gasteiger partial charge < -0.3 is 19.0 Å². The maximum absolute atomic E-state index is 13.6. The van der Waals surface area contributed by atoms with Gasteiger partial charge in [-0.05, 0) is 85.0 Å². The van der Waals surface area contributed by atoms with E-state index in [1.54, 1.807) is 28.4 Å². The van der Waals surface area contributed by atoms with E-state index in [0.717, 1.165) is 36.1 Å². The zero-order valence-electron chi connectivity index (χ0n) is 19.0. The Kier molecular flexibility index (Phi) is 6.66. The van der Waals surface area contributed by atoms with Crippen molar-refractivity contribution in [3.05, 3.63) is 74.8 Å². The Hall–Kier alpha value is -2.77. The number of halogens is 1. The van der Waals surface area contributed by atoms with Gasteiger partial charge in [-0.15, -0.1) is 11.3 Å². The van der Waals surface area contributed by atoms with Gasteiger partial charge >= 0.3 is 0 Å². The minimum absolute atomic E-state index is 0.0338. The summed E-state index contributed by atoms with van der Waals surface area (Å²) in [6, 6.07) is 10.8. The number of aryl methyl sites for hydroxylation is 1. The third kappa shape index (κ3) is 5.00. The fraction of sp³-hybridized carbons (Fsp3) is 0.385. The van der Waals surface area contributed by atoms with Crippen molar-refractivity contribution in [2.45, 2.75) is 32.2 Å². The van der Waals surface area contributed by atoms with Crippen LogP contribution in [0.1, 0.15) is 45.4 Å². The molecule has 1 aliphatic carbocycles. The van der Waals surface area contributed by atoms with Gasteiger partial charge in [-0.3, -0.25) is 9.59 Å². The van der Waals surface area contributed by atoms with Crippen molar-refractivity contribution < 1.29 is 18.7 Å². The number of furan rings is 1. The van der Waals surface area contributed by atoms with E-state index in [1.165, 1.54) is 11.1 Å². The van der Waals surface area contributed by atoms with Gasteiger partial charge in [0.15, 0.2) is 5.76 Å². The highest BCUT2D eigenvalue weighted by Crippen LogP contribution is 2.35. The van der Waals surface area contributed by atoms with Crippen LogP contribution in [0.15, 0.2) is 52.5 Å². The van der Waals surface area contributed by atoms with E-state index >= 15 is 0 Å². The van der Waals surface area contributed by atoms with Gasteiger partial charge in [0.2, 0.25) is 5.91 Å². The summed E-state index contributed by atoms with van der Waals surface area (Å²) in [5.74, 6) is 1.15. The second-order valence-electron chi connectivity index (χ2n) is 8.98. The number of hydrogen-bond acceptors (Lipinski definition) is 5. The monoisotopic (exact) mass is 498 g/mol. The number of nitrogens with zero attached hydrogens (tertiary/aromatic N) is 2. The Labute approximate surface area is 208 Å². The molecular weight excluding hydrogens is 472 g/mol. The SMILES string of the molecule is Cc1cc(OCC2c3ccsc3CCN2C(=O)CN(CC2CC2)C(=O)c2ccco2)ccc1Cl. The molecule has 1 unspecified atom stereocenters. The number of carbonyl (C=O) groups excluding carboxylic acids is 2. The lowest BCUT2D eigenvalue weighted by Gasteiger charge is -2.37. The van der Waals surface area contributed by atoms with E-state index < -0.39 is 0 Å². The minimum atomic E-state index is -0.233. The lowest BCUT2D eigenvalue weighted by Crippen LogP contribution is -2.48. The van der Waals surface area contributed by atoms with Crippen LogP contribution in [0.5, 0.6) is 5.75 Å².